The van der Waals surface area contributed by atoms with E-state index in [2.05, 4.69) is 22.2 Å². The minimum Gasteiger partial charge on any atom is -0.310 e. The fourth-order valence-corrected chi connectivity index (χ4v) is 1.51. The van der Waals surface area contributed by atoms with Crippen LogP contribution in [0.3, 0.4) is 0 Å². The van der Waals surface area contributed by atoms with Gasteiger partial charge in [0.25, 0.3) is 0 Å². The van der Waals surface area contributed by atoms with Gasteiger partial charge >= 0.3 is 0 Å². The number of nitrogens with zero attached hydrogens (tertiary/aromatic N) is 2. The molecule has 1 unspecified atom stereocenters. The normalized spacial score (nSPS) is 22.0. The standard InChI is InChI=1S/C9H13N3/c1-6-3-9-8(4-10-6)5-11-7(2)12-9/h5-6,10H,3-4H2,1-2H3. The van der Waals surface area contributed by atoms with Crippen LogP contribution in [0.2, 0.25) is 0 Å². The Labute approximate surface area is 72.2 Å². The van der Waals surface area contributed by atoms with Crippen molar-refractivity contribution in [3.8, 4) is 0 Å². The molecule has 1 aromatic rings. The highest BCUT2D eigenvalue weighted by Gasteiger charge is 2.15. The van der Waals surface area contributed by atoms with Crippen LogP contribution < -0.4 is 5.32 Å². The van der Waals surface area contributed by atoms with Crippen molar-refractivity contribution in [3.05, 3.63) is 23.3 Å². The van der Waals surface area contributed by atoms with Crippen LogP contribution in [0.15, 0.2) is 6.20 Å². The number of hydrogen-bond donors (Lipinski definition) is 1. The van der Waals surface area contributed by atoms with E-state index in [0.717, 1.165) is 18.8 Å². The van der Waals surface area contributed by atoms with Gasteiger partial charge in [0.1, 0.15) is 5.82 Å². The number of aromatic nitrogens is 2. The number of hydrogen-bond acceptors (Lipinski definition) is 3. The van der Waals surface area contributed by atoms with Gasteiger partial charge in [-0.1, -0.05) is 0 Å². The van der Waals surface area contributed by atoms with E-state index in [9.17, 15) is 0 Å². The molecule has 0 aliphatic carbocycles. The van der Waals surface area contributed by atoms with Gasteiger partial charge in [0, 0.05) is 30.8 Å². The predicted molar refractivity (Wildman–Crippen MR) is 46.8 cm³/mol. The summed E-state index contributed by atoms with van der Waals surface area (Å²) in [5, 5.41) is 3.38. The highest BCUT2D eigenvalue weighted by Crippen LogP contribution is 2.12. The van der Waals surface area contributed by atoms with Crippen molar-refractivity contribution < 1.29 is 0 Å². The van der Waals surface area contributed by atoms with Gasteiger partial charge in [0.2, 0.25) is 0 Å². The van der Waals surface area contributed by atoms with E-state index < -0.39 is 0 Å². The van der Waals surface area contributed by atoms with Crippen LogP contribution >= 0.6 is 0 Å². The molecule has 0 aromatic carbocycles. The highest BCUT2D eigenvalue weighted by molar-refractivity contribution is 5.20. The first-order valence-corrected chi connectivity index (χ1v) is 4.30. The molecular formula is C9H13N3. The Hall–Kier alpha value is -0.960. The highest BCUT2D eigenvalue weighted by atomic mass is 15.0. The molecule has 1 atom stereocenters. The minimum atomic E-state index is 0.548. The third kappa shape index (κ3) is 1.32. The van der Waals surface area contributed by atoms with Gasteiger partial charge in [-0.2, -0.15) is 0 Å². The maximum atomic E-state index is 4.41. The molecule has 0 saturated heterocycles. The summed E-state index contributed by atoms with van der Waals surface area (Å²) in [5.74, 6) is 0.878. The van der Waals surface area contributed by atoms with Crippen molar-refractivity contribution in [2.75, 3.05) is 0 Å². The van der Waals surface area contributed by atoms with Gasteiger partial charge in [-0.3, -0.25) is 0 Å². The maximum Gasteiger partial charge on any atom is 0.125 e. The molecule has 1 aromatic heterocycles. The summed E-state index contributed by atoms with van der Waals surface area (Å²) in [7, 11) is 0. The molecule has 0 amide bonds. The van der Waals surface area contributed by atoms with Crippen LogP contribution in [0.25, 0.3) is 0 Å². The average Bonchev–Trinajstić information content (AvgIpc) is 2.03. The van der Waals surface area contributed by atoms with Gasteiger partial charge in [0.05, 0.1) is 5.69 Å². The molecule has 0 saturated carbocycles. The van der Waals surface area contributed by atoms with E-state index in [1.54, 1.807) is 0 Å². The summed E-state index contributed by atoms with van der Waals surface area (Å²) in [4.78, 5) is 8.58. The van der Waals surface area contributed by atoms with E-state index in [4.69, 9.17) is 0 Å². The fraction of sp³-hybridized carbons (Fsp3) is 0.556. The largest absolute Gasteiger partial charge is 0.310 e. The van der Waals surface area contributed by atoms with Crippen LogP contribution in [0, 0.1) is 6.92 Å². The van der Waals surface area contributed by atoms with E-state index in [1.807, 2.05) is 13.1 Å². The van der Waals surface area contributed by atoms with Gasteiger partial charge in [-0.15, -0.1) is 0 Å². The molecule has 2 rings (SSSR count). The van der Waals surface area contributed by atoms with Gasteiger partial charge < -0.3 is 5.32 Å². The van der Waals surface area contributed by atoms with Crippen molar-refractivity contribution in [2.45, 2.75) is 32.9 Å². The Morgan fingerprint density at radius 1 is 1.58 bits per heavy atom. The van der Waals surface area contributed by atoms with Crippen molar-refractivity contribution in [1.82, 2.24) is 15.3 Å². The fourth-order valence-electron chi connectivity index (χ4n) is 1.51. The summed E-state index contributed by atoms with van der Waals surface area (Å²) >= 11 is 0. The summed E-state index contributed by atoms with van der Waals surface area (Å²) in [6.07, 6.45) is 2.95. The lowest BCUT2D eigenvalue weighted by molar-refractivity contribution is 0.501. The molecule has 2 heterocycles. The van der Waals surface area contributed by atoms with Gasteiger partial charge in [0.15, 0.2) is 0 Å². The number of aryl methyl sites for hydroxylation is 1. The summed E-state index contributed by atoms with van der Waals surface area (Å²) in [5.41, 5.74) is 2.47. The van der Waals surface area contributed by atoms with Crippen LogP contribution in [-0.2, 0) is 13.0 Å². The topological polar surface area (TPSA) is 37.8 Å². The number of rotatable bonds is 0. The first-order chi connectivity index (χ1) is 5.75. The Morgan fingerprint density at radius 2 is 2.42 bits per heavy atom. The smallest absolute Gasteiger partial charge is 0.125 e. The third-order valence-electron chi connectivity index (χ3n) is 2.22. The average molecular weight is 163 g/mol. The molecule has 0 fully saturated rings. The van der Waals surface area contributed by atoms with Crippen LogP contribution in [0.4, 0.5) is 0 Å². The molecular weight excluding hydrogens is 150 g/mol. The minimum absolute atomic E-state index is 0.548. The van der Waals surface area contributed by atoms with E-state index >= 15 is 0 Å². The molecule has 12 heavy (non-hydrogen) atoms. The second kappa shape index (κ2) is 2.83. The van der Waals surface area contributed by atoms with Crippen molar-refractivity contribution >= 4 is 0 Å². The maximum absolute atomic E-state index is 4.41. The zero-order valence-corrected chi connectivity index (χ0v) is 7.46. The zero-order chi connectivity index (χ0) is 8.55. The Morgan fingerprint density at radius 3 is 3.25 bits per heavy atom. The third-order valence-corrected chi connectivity index (χ3v) is 2.22. The summed E-state index contributed by atoms with van der Waals surface area (Å²) < 4.78 is 0. The molecule has 3 heteroatoms. The molecule has 1 aliphatic heterocycles. The van der Waals surface area contributed by atoms with Crippen LogP contribution in [-0.4, -0.2) is 16.0 Å². The monoisotopic (exact) mass is 163 g/mol. The lowest BCUT2D eigenvalue weighted by atomic mass is 10.0. The first kappa shape index (κ1) is 7.68. The zero-order valence-electron chi connectivity index (χ0n) is 7.46. The summed E-state index contributed by atoms with van der Waals surface area (Å²) in [6.45, 7) is 5.03. The van der Waals surface area contributed by atoms with Crippen LogP contribution in [0.5, 0.6) is 0 Å². The van der Waals surface area contributed by atoms with Crippen LogP contribution in [0.1, 0.15) is 24.0 Å². The second-order valence-electron chi connectivity index (χ2n) is 3.38. The quantitative estimate of drug-likeness (QED) is 0.615. The molecule has 1 aliphatic rings. The van der Waals surface area contributed by atoms with Gasteiger partial charge in [-0.25, -0.2) is 9.97 Å². The number of nitrogens with one attached hydrogen (secondary N) is 1. The second-order valence-corrected chi connectivity index (χ2v) is 3.38. The molecule has 64 valence electrons. The van der Waals surface area contributed by atoms with Gasteiger partial charge in [-0.05, 0) is 13.8 Å². The lowest BCUT2D eigenvalue weighted by Gasteiger charge is -2.21. The molecule has 0 radical (unpaired) electrons. The van der Waals surface area contributed by atoms with Crippen molar-refractivity contribution in [2.24, 2.45) is 0 Å². The van der Waals surface area contributed by atoms with E-state index in [0.29, 0.717) is 6.04 Å². The molecule has 3 nitrogen and oxygen atoms in total. The molecule has 0 bridgehead atoms. The Bertz CT molecular complexity index is 296. The summed E-state index contributed by atoms with van der Waals surface area (Å²) in [6, 6.07) is 0.548. The molecule has 0 spiro atoms. The molecule has 1 N–H and O–H groups in total. The lowest BCUT2D eigenvalue weighted by Crippen LogP contribution is -2.33. The van der Waals surface area contributed by atoms with Crippen molar-refractivity contribution in [1.29, 1.82) is 0 Å². The predicted octanol–water partition coefficient (Wildman–Crippen LogP) is 0.819. The Kier molecular flexibility index (Phi) is 1.81. The van der Waals surface area contributed by atoms with Crippen molar-refractivity contribution in [3.63, 3.8) is 0 Å². The van der Waals surface area contributed by atoms with E-state index in [-0.39, 0.29) is 0 Å². The SMILES string of the molecule is Cc1ncc2c(n1)CC(C)NC2. The number of fused-ring (bicyclic) bond motifs is 1. The Balaban J connectivity index is 2.37. The first-order valence-electron chi connectivity index (χ1n) is 4.30. The van der Waals surface area contributed by atoms with E-state index in [1.165, 1.54) is 11.3 Å².